The Bertz CT molecular complexity index is 1230. The third kappa shape index (κ3) is 6.67. The highest BCUT2D eigenvalue weighted by atomic mass is 28.4. The Kier molecular flexibility index (Phi) is 11.0. The number of anilines is 1. The van der Waals surface area contributed by atoms with Gasteiger partial charge in [-0.25, -0.2) is 9.69 Å². The van der Waals surface area contributed by atoms with Crippen LogP contribution < -0.4 is 14.1 Å². The summed E-state index contributed by atoms with van der Waals surface area (Å²) in [5.41, 5.74) is 2.69. The van der Waals surface area contributed by atoms with E-state index in [4.69, 9.17) is 18.3 Å². The molecule has 0 saturated carbocycles. The Morgan fingerprint density at radius 3 is 2.16 bits per heavy atom. The van der Waals surface area contributed by atoms with E-state index in [9.17, 15) is 9.59 Å². The number of carbonyl (C=O) groups excluding carboxylic acids is 2. The molecule has 2 atom stereocenters. The number of methoxy groups -OCH3 is 1. The number of carbonyl (C=O) groups is 2. The normalized spacial score (nSPS) is 19.6. The zero-order valence-corrected chi connectivity index (χ0v) is 31.2. The molecule has 1 aromatic rings. The van der Waals surface area contributed by atoms with Crippen LogP contribution in [0.3, 0.4) is 0 Å². The Hall–Kier alpha value is -2.57. The molecule has 0 bridgehead atoms. The standard InChI is InChI=1S/C34H56N2O6Si2/c1-15-18-40-33(38)36-27-21-30(41-44(22(2)3,23(4)5)24(6)7)29(39-12)20-26(27)31(37)35-17-16-25(8)19-28(35)32(36)42-43(13,14)34(9,10)11/h15,20-24,28,32H,1,8,16-19H2,2-7,9-14H3/t28-,32-/m0/s1. The monoisotopic (exact) mass is 644 g/mol. The van der Waals surface area contributed by atoms with Gasteiger partial charge in [-0.05, 0) is 53.7 Å². The number of amides is 2. The highest BCUT2D eigenvalue weighted by Crippen LogP contribution is 2.49. The molecule has 1 aromatic carbocycles. The lowest BCUT2D eigenvalue weighted by atomic mass is 9.96. The van der Waals surface area contributed by atoms with E-state index in [-0.39, 0.29) is 17.6 Å². The molecule has 2 heterocycles. The minimum atomic E-state index is -2.48. The molecule has 0 spiro atoms. The summed E-state index contributed by atoms with van der Waals surface area (Å²) in [4.78, 5) is 32.0. The molecule has 2 aliphatic heterocycles. The van der Waals surface area contributed by atoms with Gasteiger partial charge in [0.2, 0.25) is 0 Å². The van der Waals surface area contributed by atoms with Crippen LogP contribution in [-0.2, 0) is 9.16 Å². The number of rotatable bonds is 10. The molecule has 1 fully saturated rings. The zero-order valence-electron chi connectivity index (χ0n) is 29.2. The molecule has 2 amide bonds. The predicted octanol–water partition coefficient (Wildman–Crippen LogP) is 8.90. The van der Waals surface area contributed by atoms with Crippen LogP contribution in [0.15, 0.2) is 36.9 Å². The second-order valence-electron chi connectivity index (χ2n) is 14.7. The van der Waals surface area contributed by atoms with Gasteiger partial charge in [0.15, 0.2) is 20.3 Å². The molecule has 0 N–H and O–H groups in total. The summed E-state index contributed by atoms with van der Waals surface area (Å²) in [6.07, 6.45) is 1.36. The summed E-state index contributed by atoms with van der Waals surface area (Å²) in [7, 11) is -3.33. The summed E-state index contributed by atoms with van der Waals surface area (Å²) in [6, 6.07) is 3.11. The van der Waals surface area contributed by atoms with Crippen molar-refractivity contribution in [2.24, 2.45) is 0 Å². The number of hydrogen-bond donors (Lipinski definition) is 0. The number of hydrogen-bond acceptors (Lipinski definition) is 6. The summed E-state index contributed by atoms with van der Waals surface area (Å²) in [6.45, 7) is 32.7. The topological polar surface area (TPSA) is 77.5 Å². The number of benzene rings is 1. The van der Waals surface area contributed by atoms with Gasteiger partial charge in [-0.1, -0.05) is 87.1 Å². The molecule has 44 heavy (non-hydrogen) atoms. The molecule has 3 rings (SSSR count). The predicted molar refractivity (Wildman–Crippen MR) is 184 cm³/mol. The summed E-state index contributed by atoms with van der Waals surface area (Å²) < 4.78 is 25.9. The van der Waals surface area contributed by atoms with Gasteiger partial charge in [-0.3, -0.25) is 4.79 Å². The summed E-state index contributed by atoms with van der Waals surface area (Å²) in [5, 5.41) is -0.148. The fourth-order valence-electron chi connectivity index (χ4n) is 6.64. The van der Waals surface area contributed by atoms with Crippen LogP contribution in [0.1, 0.15) is 85.5 Å². The molecule has 8 nitrogen and oxygen atoms in total. The van der Waals surface area contributed by atoms with Gasteiger partial charge in [0.1, 0.15) is 12.4 Å². The van der Waals surface area contributed by atoms with E-state index in [1.165, 1.54) is 6.08 Å². The van der Waals surface area contributed by atoms with Crippen molar-refractivity contribution in [3.8, 4) is 11.5 Å². The molecular formula is C34H56N2O6Si2. The van der Waals surface area contributed by atoms with Crippen LogP contribution in [0.4, 0.5) is 10.5 Å². The maximum absolute atomic E-state index is 14.4. The Morgan fingerprint density at radius 1 is 1.07 bits per heavy atom. The van der Waals surface area contributed by atoms with Gasteiger partial charge in [-0.2, -0.15) is 0 Å². The molecule has 0 radical (unpaired) electrons. The van der Waals surface area contributed by atoms with Crippen LogP contribution in [0.5, 0.6) is 11.5 Å². The van der Waals surface area contributed by atoms with Crippen LogP contribution in [0.2, 0.25) is 34.8 Å². The second-order valence-corrected chi connectivity index (χ2v) is 24.8. The smallest absolute Gasteiger partial charge is 0.416 e. The first-order valence-corrected chi connectivity index (χ1v) is 21.0. The molecule has 0 aliphatic carbocycles. The maximum Gasteiger partial charge on any atom is 0.416 e. The van der Waals surface area contributed by atoms with Crippen molar-refractivity contribution in [2.75, 3.05) is 25.2 Å². The minimum absolute atomic E-state index is 0.0239. The Morgan fingerprint density at radius 2 is 1.66 bits per heavy atom. The van der Waals surface area contributed by atoms with E-state index in [1.807, 2.05) is 11.0 Å². The lowest BCUT2D eigenvalue weighted by molar-refractivity contribution is 0.0348. The highest BCUT2D eigenvalue weighted by Gasteiger charge is 2.51. The van der Waals surface area contributed by atoms with Crippen LogP contribution >= 0.6 is 0 Å². The fraction of sp³-hybridized carbons (Fsp3) is 0.647. The van der Waals surface area contributed by atoms with E-state index in [0.29, 0.717) is 58.8 Å². The average molecular weight is 645 g/mol. The molecule has 0 unspecified atom stereocenters. The molecular weight excluding hydrogens is 589 g/mol. The van der Waals surface area contributed by atoms with Gasteiger partial charge in [0, 0.05) is 12.6 Å². The summed E-state index contributed by atoms with van der Waals surface area (Å²) >= 11 is 0. The first-order chi connectivity index (χ1) is 20.3. The van der Waals surface area contributed by atoms with Gasteiger partial charge >= 0.3 is 6.09 Å². The fourth-order valence-corrected chi connectivity index (χ4v) is 13.1. The van der Waals surface area contributed by atoms with Crippen molar-refractivity contribution < 1.29 is 27.9 Å². The van der Waals surface area contributed by atoms with Crippen molar-refractivity contribution in [3.05, 3.63) is 42.5 Å². The largest absolute Gasteiger partial charge is 0.540 e. The second kappa shape index (κ2) is 13.4. The first kappa shape index (κ1) is 35.9. The zero-order chi connectivity index (χ0) is 33.4. The van der Waals surface area contributed by atoms with Crippen molar-refractivity contribution in [3.63, 3.8) is 0 Å². The maximum atomic E-state index is 14.4. The van der Waals surface area contributed by atoms with Crippen molar-refractivity contribution in [1.29, 1.82) is 0 Å². The molecule has 2 aliphatic rings. The van der Waals surface area contributed by atoms with Gasteiger partial charge in [0.05, 0.1) is 24.4 Å². The number of piperidine rings is 1. The Balaban J connectivity index is 2.39. The minimum Gasteiger partial charge on any atom is -0.540 e. The molecule has 0 aromatic heterocycles. The highest BCUT2D eigenvalue weighted by molar-refractivity contribution is 6.78. The van der Waals surface area contributed by atoms with E-state index >= 15 is 0 Å². The Labute approximate surface area is 268 Å². The lowest BCUT2D eigenvalue weighted by Crippen LogP contribution is -2.60. The van der Waals surface area contributed by atoms with Crippen LogP contribution in [0, 0.1) is 0 Å². The van der Waals surface area contributed by atoms with Gasteiger partial charge < -0.3 is 23.2 Å². The average Bonchev–Trinajstić information content (AvgIpc) is 3.00. The SMILES string of the molecule is C=CCOC(=O)N1c2cc(O[Si](C(C)C)(C(C)C)C(C)C)c(OC)cc2C(=O)N2CCC(=C)C[C@H]2[C@@H]1O[Si](C)(C)C(C)(C)C. The van der Waals surface area contributed by atoms with Gasteiger partial charge in [-0.15, -0.1) is 0 Å². The number of nitrogens with zero attached hydrogens (tertiary/aromatic N) is 2. The van der Waals surface area contributed by atoms with Crippen LogP contribution in [0.25, 0.3) is 0 Å². The van der Waals surface area contributed by atoms with Gasteiger partial charge in [0.25, 0.3) is 14.2 Å². The third-order valence-corrected chi connectivity index (χ3v) is 20.4. The van der Waals surface area contributed by atoms with E-state index in [1.54, 1.807) is 18.1 Å². The van der Waals surface area contributed by atoms with E-state index in [2.05, 4.69) is 88.6 Å². The van der Waals surface area contributed by atoms with Crippen LogP contribution in [-0.4, -0.2) is 66.1 Å². The summed E-state index contributed by atoms with van der Waals surface area (Å²) in [5.74, 6) is 0.820. The molecule has 10 heteroatoms. The quantitative estimate of drug-likeness (QED) is 0.187. The molecule has 246 valence electrons. The lowest BCUT2D eigenvalue weighted by Gasteiger charge is -2.47. The van der Waals surface area contributed by atoms with Crippen molar-refractivity contribution in [1.82, 2.24) is 4.90 Å². The number of fused-ring (bicyclic) bond motifs is 2. The van der Waals surface area contributed by atoms with Crippen molar-refractivity contribution >= 4 is 34.3 Å². The third-order valence-electron chi connectivity index (χ3n) is 9.96. The molecule has 1 saturated heterocycles. The van der Waals surface area contributed by atoms with Crippen molar-refractivity contribution in [2.45, 2.75) is 122 Å². The first-order valence-electron chi connectivity index (χ1n) is 16.0. The van der Waals surface area contributed by atoms with E-state index in [0.717, 1.165) is 5.57 Å². The number of ether oxygens (including phenoxy) is 2. The van der Waals surface area contributed by atoms with E-state index < -0.39 is 35.0 Å².